The van der Waals surface area contributed by atoms with Crippen molar-refractivity contribution >= 4 is 50.7 Å². The molecule has 0 aliphatic carbocycles. The number of hydrogen-bond donors (Lipinski definition) is 1. The number of nitrogens with one attached hydrogen (secondary N) is 1. The number of halogens is 5. The lowest BCUT2D eigenvalue weighted by Gasteiger charge is -2.34. The van der Waals surface area contributed by atoms with Crippen molar-refractivity contribution in [2.75, 3.05) is 10.8 Å². The summed E-state index contributed by atoms with van der Waals surface area (Å²) in [4.78, 5) is 28.1. The van der Waals surface area contributed by atoms with Crippen molar-refractivity contribution in [1.29, 1.82) is 0 Å². The second-order valence-electron chi connectivity index (χ2n) is 11.0. The minimum Gasteiger partial charge on any atom is -0.350 e. The van der Waals surface area contributed by atoms with Gasteiger partial charge in [-0.15, -0.1) is 0 Å². The highest BCUT2D eigenvalue weighted by Gasteiger charge is 2.36. The van der Waals surface area contributed by atoms with E-state index >= 15 is 0 Å². The molecule has 0 aliphatic rings. The van der Waals surface area contributed by atoms with Gasteiger partial charge in [-0.25, -0.2) is 8.42 Å². The molecule has 7 nitrogen and oxygen atoms in total. The summed E-state index contributed by atoms with van der Waals surface area (Å²) >= 11 is 12.7. The van der Waals surface area contributed by atoms with Crippen LogP contribution in [0.15, 0.2) is 71.6 Å². The standard InChI is InChI=1S/C30H32Cl2F3N3O4S/c1-19-12-14-23(15-13-19)43(41,42)38(22-9-6-8-21(16-22)30(33,34)35)18-27(39)37(20(2)28(40)36-29(3,4)5)17-24-25(31)10-7-11-26(24)32/h6-16,20H,17-18H2,1-5H3,(H,36,40)/t20-/m1/s1. The number of benzene rings is 3. The van der Waals surface area contributed by atoms with E-state index in [0.29, 0.717) is 15.9 Å². The summed E-state index contributed by atoms with van der Waals surface area (Å²) in [6.07, 6.45) is -4.77. The van der Waals surface area contributed by atoms with Crippen LogP contribution < -0.4 is 9.62 Å². The fourth-order valence-electron chi connectivity index (χ4n) is 4.11. The monoisotopic (exact) mass is 657 g/mol. The van der Waals surface area contributed by atoms with Gasteiger partial charge in [0.05, 0.1) is 16.1 Å². The first-order chi connectivity index (χ1) is 19.8. The maximum absolute atomic E-state index is 14.0. The maximum atomic E-state index is 14.0. The van der Waals surface area contributed by atoms with E-state index in [0.717, 1.165) is 22.6 Å². The number of hydrogen-bond acceptors (Lipinski definition) is 4. The number of aryl methyl sites for hydroxylation is 1. The third-order valence-electron chi connectivity index (χ3n) is 6.40. The van der Waals surface area contributed by atoms with Crippen LogP contribution in [0.1, 0.15) is 44.4 Å². The molecule has 0 saturated heterocycles. The Labute approximate surface area is 259 Å². The number of carbonyl (C=O) groups is 2. The Hall–Kier alpha value is -3.28. The van der Waals surface area contributed by atoms with E-state index in [2.05, 4.69) is 5.32 Å². The van der Waals surface area contributed by atoms with Crippen molar-refractivity contribution in [3.05, 3.63) is 93.5 Å². The van der Waals surface area contributed by atoms with Crippen molar-refractivity contribution in [2.24, 2.45) is 0 Å². The molecule has 43 heavy (non-hydrogen) atoms. The van der Waals surface area contributed by atoms with Crippen molar-refractivity contribution in [2.45, 2.75) is 63.8 Å². The smallest absolute Gasteiger partial charge is 0.350 e. The average Bonchev–Trinajstić information content (AvgIpc) is 2.90. The fraction of sp³-hybridized carbons (Fsp3) is 0.333. The quantitative estimate of drug-likeness (QED) is 0.273. The van der Waals surface area contributed by atoms with Gasteiger partial charge in [-0.3, -0.25) is 13.9 Å². The molecule has 1 atom stereocenters. The lowest BCUT2D eigenvalue weighted by Crippen LogP contribution is -2.54. The molecule has 0 spiro atoms. The van der Waals surface area contributed by atoms with Gasteiger partial charge in [0.15, 0.2) is 0 Å². The molecular formula is C30H32Cl2F3N3O4S. The first kappa shape index (κ1) is 34.2. The summed E-state index contributed by atoms with van der Waals surface area (Å²) < 4.78 is 69.2. The van der Waals surface area contributed by atoms with Crippen molar-refractivity contribution < 1.29 is 31.2 Å². The lowest BCUT2D eigenvalue weighted by atomic mass is 10.1. The number of alkyl halides is 3. The van der Waals surface area contributed by atoms with Crippen molar-refractivity contribution in [3.8, 4) is 0 Å². The molecule has 2 amide bonds. The minimum absolute atomic E-state index is 0.204. The summed E-state index contributed by atoms with van der Waals surface area (Å²) in [6, 6.07) is 12.9. The first-order valence-corrected chi connectivity index (χ1v) is 15.3. The van der Waals surface area contributed by atoms with E-state index < -0.39 is 51.7 Å². The molecule has 13 heteroatoms. The van der Waals surface area contributed by atoms with E-state index in [-0.39, 0.29) is 27.2 Å². The normalized spacial score (nSPS) is 12.9. The minimum atomic E-state index is -4.77. The van der Waals surface area contributed by atoms with Crippen LogP contribution in [0.3, 0.4) is 0 Å². The van der Waals surface area contributed by atoms with Gasteiger partial charge in [0.2, 0.25) is 11.8 Å². The summed E-state index contributed by atoms with van der Waals surface area (Å²) in [5.41, 5.74) is -1.09. The molecule has 0 fully saturated rings. The molecule has 0 unspecified atom stereocenters. The van der Waals surface area contributed by atoms with Crippen molar-refractivity contribution in [1.82, 2.24) is 10.2 Å². The number of rotatable bonds is 9. The summed E-state index contributed by atoms with van der Waals surface area (Å²) in [5, 5.41) is 3.19. The second-order valence-corrected chi connectivity index (χ2v) is 13.7. The van der Waals surface area contributed by atoms with Gasteiger partial charge >= 0.3 is 6.18 Å². The third kappa shape index (κ3) is 8.64. The van der Waals surface area contributed by atoms with Crippen LogP contribution in [0.4, 0.5) is 18.9 Å². The molecule has 0 radical (unpaired) electrons. The zero-order valence-corrected chi connectivity index (χ0v) is 26.5. The van der Waals surface area contributed by atoms with Gasteiger partial charge in [-0.05, 0) is 77.1 Å². The zero-order valence-electron chi connectivity index (χ0n) is 24.2. The largest absolute Gasteiger partial charge is 0.416 e. The number of amides is 2. The Morgan fingerprint density at radius 2 is 1.49 bits per heavy atom. The summed E-state index contributed by atoms with van der Waals surface area (Å²) in [6.45, 7) is 7.23. The fourth-order valence-corrected chi connectivity index (χ4v) is 6.04. The van der Waals surface area contributed by atoms with Crippen LogP contribution in [-0.2, 0) is 32.3 Å². The Kier molecular flexibility index (Phi) is 10.5. The molecule has 232 valence electrons. The first-order valence-electron chi connectivity index (χ1n) is 13.1. The van der Waals surface area contributed by atoms with Gasteiger partial charge in [-0.1, -0.05) is 53.0 Å². The number of nitrogens with zero attached hydrogens (tertiary/aromatic N) is 2. The van der Waals surface area contributed by atoms with Crippen LogP contribution in [0.2, 0.25) is 10.0 Å². The topological polar surface area (TPSA) is 86.8 Å². The number of sulfonamides is 1. The molecule has 0 aliphatic heterocycles. The predicted octanol–water partition coefficient (Wildman–Crippen LogP) is 6.85. The van der Waals surface area contributed by atoms with E-state index in [1.54, 1.807) is 45.9 Å². The van der Waals surface area contributed by atoms with Crippen LogP contribution in [0.25, 0.3) is 0 Å². The average molecular weight is 659 g/mol. The van der Waals surface area contributed by atoms with Crippen molar-refractivity contribution in [3.63, 3.8) is 0 Å². The molecular weight excluding hydrogens is 626 g/mol. The van der Waals surface area contributed by atoms with Crippen LogP contribution in [0.5, 0.6) is 0 Å². The molecule has 0 saturated carbocycles. The predicted molar refractivity (Wildman–Crippen MR) is 162 cm³/mol. The van der Waals surface area contributed by atoms with Gasteiger partial charge in [0.25, 0.3) is 10.0 Å². The Morgan fingerprint density at radius 3 is 2.02 bits per heavy atom. The third-order valence-corrected chi connectivity index (χ3v) is 8.90. The van der Waals surface area contributed by atoms with Gasteiger partial charge in [-0.2, -0.15) is 13.2 Å². The van der Waals surface area contributed by atoms with Gasteiger partial charge in [0, 0.05) is 27.7 Å². The highest BCUT2D eigenvalue weighted by molar-refractivity contribution is 7.92. The molecule has 3 aromatic rings. The SMILES string of the molecule is Cc1ccc(S(=O)(=O)N(CC(=O)N(Cc2c(Cl)cccc2Cl)[C@H](C)C(=O)NC(C)(C)C)c2cccc(C(F)(F)F)c2)cc1. The molecule has 3 rings (SSSR count). The van der Waals surface area contributed by atoms with E-state index in [1.807, 2.05) is 0 Å². The molecule has 3 aromatic carbocycles. The van der Waals surface area contributed by atoms with Gasteiger partial charge < -0.3 is 10.2 Å². The number of carbonyl (C=O) groups excluding carboxylic acids is 2. The summed E-state index contributed by atoms with van der Waals surface area (Å²) in [5.74, 6) is -1.42. The van der Waals surface area contributed by atoms with E-state index in [4.69, 9.17) is 23.2 Å². The van der Waals surface area contributed by atoms with Gasteiger partial charge in [0.1, 0.15) is 12.6 Å². The lowest BCUT2D eigenvalue weighted by molar-refractivity contribution is -0.140. The highest BCUT2D eigenvalue weighted by Crippen LogP contribution is 2.34. The maximum Gasteiger partial charge on any atom is 0.416 e. The molecule has 0 bridgehead atoms. The van der Waals surface area contributed by atoms with E-state index in [9.17, 15) is 31.2 Å². The van der Waals surface area contributed by atoms with Crippen LogP contribution >= 0.6 is 23.2 Å². The Morgan fingerprint density at radius 1 is 0.930 bits per heavy atom. The zero-order chi connectivity index (χ0) is 32.3. The summed E-state index contributed by atoms with van der Waals surface area (Å²) in [7, 11) is -4.56. The van der Waals surface area contributed by atoms with Crippen LogP contribution in [0, 0.1) is 6.92 Å². The Bertz CT molecular complexity index is 1570. The molecule has 0 aromatic heterocycles. The molecule has 0 heterocycles. The Balaban J connectivity index is 2.14. The van der Waals surface area contributed by atoms with E-state index in [1.165, 1.54) is 37.3 Å². The second kappa shape index (κ2) is 13.2. The molecule has 1 N–H and O–H groups in total. The van der Waals surface area contributed by atoms with Crippen LogP contribution in [-0.4, -0.2) is 43.3 Å². The highest BCUT2D eigenvalue weighted by atomic mass is 35.5. The number of anilines is 1.